The molecule has 1 aromatic rings. The van der Waals surface area contributed by atoms with Crippen molar-refractivity contribution < 1.29 is 4.79 Å². The van der Waals surface area contributed by atoms with Gasteiger partial charge in [0.05, 0.1) is 23.8 Å². The quantitative estimate of drug-likeness (QED) is 0.776. The lowest BCUT2D eigenvalue weighted by atomic mass is 10.3. The minimum absolute atomic E-state index is 0.0487. The van der Waals surface area contributed by atoms with E-state index in [2.05, 4.69) is 15.6 Å². The number of rotatable bonds is 6. The van der Waals surface area contributed by atoms with E-state index in [1.807, 2.05) is 24.9 Å². The van der Waals surface area contributed by atoms with Crippen LogP contribution in [0.15, 0.2) is 18.5 Å². The lowest BCUT2D eigenvalue weighted by Gasteiger charge is -2.19. The SMILES string of the molecule is CCNc1cncc(N(C)CCC(=O)NC)c1. The minimum atomic E-state index is 0.0487. The highest BCUT2D eigenvalue weighted by molar-refractivity contribution is 5.76. The Bertz CT molecular complexity index is 367. The molecule has 0 radical (unpaired) electrons. The van der Waals surface area contributed by atoms with Crippen LogP contribution >= 0.6 is 0 Å². The maximum Gasteiger partial charge on any atom is 0.221 e. The molecule has 0 atom stereocenters. The number of carbonyl (C=O) groups is 1. The molecule has 1 aromatic heterocycles. The molecule has 0 bridgehead atoms. The summed E-state index contributed by atoms with van der Waals surface area (Å²) >= 11 is 0. The van der Waals surface area contributed by atoms with Gasteiger partial charge < -0.3 is 15.5 Å². The van der Waals surface area contributed by atoms with Crippen LogP contribution in [0.2, 0.25) is 0 Å². The third-order valence-corrected chi connectivity index (χ3v) is 2.50. The second-order valence-corrected chi connectivity index (χ2v) is 3.81. The second-order valence-electron chi connectivity index (χ2n) is 3.81. The molecule has 17 heavy (non-hydrogen) atoms. The number of nitrogens with one attached hydrogen (secondary N) is 2. The van der Waals surface area contributed by atoms with Gasteiger partial charge in [0.1, 0.15) is 0 Å². The van der Waals surface area contributed by atoms with Gasteiger partial charge >= 0.3 is 0 Å². The summed E-state index contributed by atoms with van der Waals surface area (Å²) in [5.41, 5.74) is 2.00. The molecule has 0 fully saturated rings. The summed E-state index contributed by atoms with van der Waals surface area (Å²) in [6.45, 7) is 3.59. The first-order chi connectivity index (χ1) is 8.17. The van der Waals surface area contributed by atoms with Gasteiger partial charge in [-0.25, -0.2) is 0 Å². The largest absolute Gasteiger partial charge is 0.384 e. The highest BCUT2D eigenvalue weighted by Gasteiger charge is 2.05. The third kappa shape index (κ3) is 4.30. The molecule has 5 heteroatoms. The molecule has 0 aliphatic carbocycles. The molecule has 1 amide bonds. The Balaban J connectivity index is 2.58. The maximum atomic E-state index is 11.2. The minimum Gasteiger partial charge on any atom is -0.384 e. The molecular formula is C12H20N4O. The van der Waals surface area contributed by atoms with Crippen LogP contribution in [-0.2, 0) is 4.79 Å². The molecule has 1 heterocycles. The lowest BCUT2D eigenvalue weighted by Crippen LogP contribution is -2.26. The predicted molar refractivity (Wildman–Crippen MR) is 70.4 cm³/mol. The van der Waals surface area contributed by atoms with Gasteiger partial charge in [0.25, 0.3) is 0 Å². The first-order valence-corrected chi connectivity index (χ1v) is 5.78. The van der Waals surface area contributed by atoms with Crippen LogP contribution in [0.3, 0.4) is 0 Å². The fraction of sp³-hybridized carbons (Fsp3) is 0.500. The summed E-state index contributed by atoms with van der Waals surface area (Å²) < 4.78 is 0. The molecule has 5 nitrogen and oxygen atoms in total. The Labute approximate surface area is 102 Å². The maximum absolute atomic E-state index is 11.2. The van der Waals surface area contributed by atoms with E-state index in [-0.39, 0.29) is 5.91 Å². The number of hydrogen-bond acceptors (Lipinski definition) is 4. The molecule has 2 N–H and O–H groups in total. The first kappa shape index (κ1) is 13.3. The molecule has 0 unspecified atom stereocenters. The van der Waals surface area contributed by atoms with E-state index in [0.29, 0.717) is 13.0 Å². The van der Waals surface area contributed by atoms with Crippen LogP contribution < -0.4 is 15.5 Å². The number of nitrogens with zero attached hydrogens (tertiary/aromatic N) is 2. The van der Waals surface area contributed by atoms with Crippen molar-refractivity contribution in [3.05, 3.63) is 18.5 Å². The van der Waals surface area contributed by atoms with Gasteiger partial charge in [-0.05, 0) is 13.0 Å². The average molecular weight is 236 g/mol. The number of aromatic nitrogens is 1. The molecule has 0 saturated carbocycles. The molecule has 94 valence electrons. The number of anilines is 2. The molecular weight excluding hydrogens is 216 g/mol. The van der Waals surface area contributed by atoms with Gasteiger partial charge in [-0.2, -0.15) is 0 Å². The Morgan fingerprint density at radius 2 is 2.24 bits per heavy atom. The summed E-state index contributed by atoms with van der Waals surface area (Å²) in [6, 6.07) is 2.03. The summed E-state index contributed by atoms with van der Waals surface area (Å²) in [5.74, 6) is 0.0487. The Morgan fingerprint density at radius 3 is 2.88 bits per heavy atom. The van der Waals surface area contributed by atoms with Crippen LogP contribution in [0.5, 0.6) is 0 Å². The van der Waals surface area contributed by atoms with E-state index in [1.165, 1.54) is 0 Å². The summed E-state index contributed by atoms with van der Waals surface area (Å²) in [6.07, 6.45) is 4.07. The lowest BCUT2D eigenvalue weighted by molar-refractivity contribution is -0.120. The highest BCUT2D eigenvalue weighted by Crippen LogP contribution is 2.16. The summed E-state index contributed by atoms with van der Waals surface area (Å²) in [4.78, 5) is 17.3. The highest BCUT2D eigenvalue weighted by atomic mass is 16.1. The average Bonchev–Trinajstić information content (AvgIpc) is 2.36. The number of pyridine rings is 1. The zero-order chi connectivity index (χ0) is 12.7. The number of hydrogen-bond donors (Lipinski definition) is 2. The van der Waals surface area contributed by atoms with Crippen molar-refractivity contribution in [1.82, 2.24) is 10.3 Å². The van der Waals surface area contributed by atoms with E-state index in [9.17, 15) is 4.79 Å². The van der Waals surface area contributed by atoms with Crippen LogP contribution in [0, 0.1) is 0 Å². The van der Waals surface area contributed by atoms with E-state index < -0.39 is 0 Å². The molecule has 0 aliphatic heterocycles. The first-order valence-electron chi connectivity index (χ1n) is 5.78. The Hall–Kier alpha value is -1.78. The predicted octanol–water partition coefficient (Wildman–Crippen LogP) is 1.09. The van der Waals surface area contributed by atoms with Gasteiger partial charge in [-0.1, -0.05) is 0 Å². The Morgan fingerprint density at radius 1 is 1.47 bits per heavy atom. The zero-order valence-electron chi connectivity index (χ0n) is 10.7. The third-order valence-electron chi connectivity index (χ3n) is 2.50. The van der Waals surface area contributed by atoms with Crippen LogP contribution in [0.25, 0.3) is 0 Å². The van der Waals surface area contributed by atoms with E-state index in [1.54, 1.807) is 19.4 Å². The fourth-order valence-corrected chi connectivity index (χ4v) is 1.46. The van der Waals surface area contributed by atoms with Gasteiger partial charge in [0, 0.05) is 33.6 Å². The van der Waals surface area contributed by atoms with Crippen molar-refractivity contribution >= 4 is 17.3 Å². The van der Waals surface area contributed by atoms with E-state index >= 15 is 0 Å². The molecule has 0 saturated heterocycles. The van der Waals surface area contributed by atoms with Crippen LogP contribution in [0.1, 0.15) is 13.3 Å². The Kier molecular flexibility index (Phi) is 5.26. The van der Waals surface area contributed by atoms with Crippen molar-refractivity contribution in [2.45, 2.75) is 13.3 Å². The van der Waals surface area contributed by atoms with Gasteiger partial charge in [0.15, 0.2) is 0 Å². The topological polar surface area (TPSA) is 57.3 Å². The van der Waals surface area contributed by atoms with E-state index in [0.717, 1.165) is 17.9 Å². The number of carbonyl (C=O) groups excluding carboxylic acids is 1. The van der Waals surface area contributed by atoms with Gasteiger partial charge in [-0.3, -0.25) is 9.78 Å². The molecule has 0 spiro atoms. The van der Waals surface area contributed by atoms with Crippen molar-refractivity contribution in [3.8, 4) is 0 Å². The van der Waals surface area contributed by atoms with Crippen molar-refractivity contribution in [2.75, 3.05) is 37.4 Å². The van der Waals surface area contributed by atoms with Crippen molar-refractivity contribution in [1.29, 1.82) is 0 Å². The van der Waals surface area contributed by atoms with E-state index in [4.69, 9.17) is 0 Å². The van der Waals surface area contributed by atoms with Gasteiger partial charge in [0.2, 0.25) is 5.91 Å². The monoisotopic (exact) mass is 236 g/mol. The normalized spacial score (nSPS) is 9.82. The van der Waals surface area contributed by atoms with Crippen molar-refractivity contribution in [3.63, 3.8) is 0 Å². The van der Waals surface area contributed by atoms with Gasteiger partial charge in [-0.15, -0.1) is 0 Å². The molecule has 0 aliphatic rings. The molecule has 0 aromatic carbocycles. The smallest absolute Gasteiger partial charge is 0.221 e. The number of amides is 1. The standard InChI is InChI=1S/C12H20N4O/c1-4-15-10-7-11(9-14-8-10)16(3)6-5-12(17)13-2/h7-9,15H,4-6H2,1-3H3,(H,13,17). The van der Waals surface area contributed by atoms with Crippen LogP contribution in [0.4, 0.5) is 11.4 Å². The summed E-state index contributed by atoms with van der Waals surface area (Å²) in [7, 11) is 3.60. The van der Waals surface area contributed by atoms with Crippen LogP contribution in [-0.4, -0.2) is 38.1 Å². The zero-order valence-corrected chi connectivity index (χ0v) is 10.7. The second kappa shape index (κ2) is 6.73. The molecule has 1 rings (SSSR count). The van der Waals surface area contributed by atoms with Crippen molar-refractivity contribution in [2.24, 2.45) is 0 Å². The summed E-state index contributed by atoms with van der Waals surface area (Å²) in [5, 5.41) is 5.82. The fourth-order valence-electron chi connectivity index (χ4n) is 1.46.